The highest BCUT2D eigenvalue weighted by atomic mass is 79.9. The number of halogens is 1. The van der Waals surface area contributed by atoms with Crippen molar-refractivity contribution in [3.8, 4) is 0 Å². The zero-order valence-corrected chi connectivity index (χ0v) is 9.82. The van der Waals surface area contributed by atoms with Gasteiger partial charge in [0.15, 0.2) is 0 Å². The van der Waals surface area contributed by atoms with E-state index in [4.69, 9.17) is 0 Å². The molecule has 0 unspecified atom stereocenters. The molecule has 0 radical (unpaired) electrons. The molecule has 3 rings (SSSR count). The SMILES string of the molecule is Cc1c(Br)nc2c3ccccc3ccn12. The van der Waals surface area contributed by atoms with E-state index in [1.54, 1.807) is 0 Å². The van der Waals surface area contributed by atoms with Crippen LogP contribution in [0.15, 0.2) is 41.1 Å². The van der Waals surface area contributed by atoms with Gasteiger partial charge < -0.3 is 4.40 Å². The van der Waals surface area contributed by atoms with Crippen LogP contribution in [0.3, 0.4) is 0 Å². The van der Waals surface area contributed by atoms with Gasteiger partial charge in [-0.1, -0.05) is 24.3 Å². The summed E-state index contributed by atoms with van der Waals surface area (Å²) in [6.07, 6.45) is 2.06. The van der Waals surface area contributed by atoms with Gasteiger partial charge in [0.25, 0.3) is 0 Å². The minimum atomic E-state index is 0.916. The van der Waals surface area contributed by atoms with Crippen LogP contribution in [-0.4, -0.2) is 9.38 Å². The Balaban J connectivity index is 2.60. The molecule has 2 nitrogen and oxygen atoms in total. The first-order valence-electron chi connectivity index (χ1n) is 4.79. The largest absolute Gasteiger partial charge is 0.303 e. The van der Waals surface area contributed by atoms with Crippen LogP contribution in [0.4, 0.5) is 0 Å². The van der Waals surface area contributed by atoms with Gasteiger partial charge in [-0.2, -0.15) is 0 Å². The molecule has 0 fully saturated rings. The van der Waals surface area contributed by atoms with Gasteiger partial charge in [0.2, 0.25) is 0 Å². The number of imidazole rings is 1. The number of pyridine rings is 1. The molecule has 0 aliphatic rings. The Hall–Kier alpha value is -1.35. The molecule has 74 valence electrons. The molecule has 0 bridgehead atoms. The normalized spacial score (nSPS) is 11.3. The second-order valence-electron chi connectivity index (χ2n) is 3.58. The van der Waals surface area contributed by atoms with Crippen LogP contribution < -0.4 is 0 Å². The van der Waals surface area contributed by atoms with Crippen LogP contribution in [0, 0.1) is 6.92 Å². The number of aromatic nitrogens is 2. The second kappa shape index (κ2) is 3.07. The van der Waals surface area contributed by atoms with Gasteiger partial charge in [-0.3, -0.25) is 0 Å². The number of aryl methyl sites for hydroxylation is 1. The molecule has 0 aliphatic carbocycles. The summed E-state index contributed by atoms with van der Waals surface area (Å²) in [5.41, 5.74) is 2.15. The van der Waals surface area contributed by atoms with E-state index in [2.05, 4.69) is 56.6 Å². The first kappa shape index (κ1) is 8.92. The molecule has 0 amide bonds. The number of nitrogens with zero attached hydrogens (tertiary/aromatic N) is 2. The lowest BCUT2D eigenvalue weighted by atomic mass is 10.2. The summed E-state index contributed by atoms with van der Waals surface area (Å²) < 4.78 is 3.02. The fourth-order valence-corrected chi connectivity index (χ4v) is 2.22. The molecule has 0 spiro atoms. The third kappa shape index (κ3) is 1.20. The van der Waals surface area contributed by atoms with Crippen molar-refractivity contribution >= 4 is 32.3 Å². The van der Waals surface area contributed by atoms with Crippen LogP contribution in [-0.2, 0) is 0 Å². The van der Waals surface area contributed by atoms with Gasteiger partial charge in [-0.05, 0) is 34.3 Å². The summed E-state index contributed by atoms with van der Waals surface area (Å²) in [5, 5.41) is 2.41. The van der Waals surface area contributed by atoms with Gasteiger partial charge in [-0.15, -0.1) is 0 Å². The molecule has 0 N–H and O–H groups in total. The molecule has 0 aliphatic heterocycles. The molecule has 0 atom stereocenters. The number of rotatable bonds is 0. The van der Waals surface area contributed by atoms with E-state index in [-0.39, 0.29) is 0 Å². The van der Waals surface area contributed by atoms with Crippen LogP contribution in [0.25, 0.3) is 16.4 Å². The summed E-state index contributed by atoms with van der Waals surface area (Å²) >= 11 is 3.46. The van der Waals surface area contributed by atoms with Crippen molar-refractivity contribution in [2.24, 2.45) is 0 Å². The van der Waals surface area contributed by atoms with Gasteiger partial charge in [0, 0.05) is 11.6 Å². The molecular weight excluding hydrogens is 252 g/mol. The quantitative estimate of drug-likeness (QED) is 0.604. The molecule has 0 saturated heterocycles. The van der Waals surface area contributed by atoms with E-state index < -0.39 is 0 Å². The average Bonchev–Trinajstić information content (AvgIpc) is 2.56. The van der Waals surface area contributed by atoms with Crippen molar-refractivity contribution in [3.63, 3.8) is 0 Å². The highest BCUT2D eigenvalue weighted by molar-refractivity contribution is 9.10. The Morgan fingerprint density at radius 1 is 1.20 bits per heavy atom. The van der Waals surface area contributed by atoms with E-state index in [0.29, 0.717) is 0 Å². The fourth-order valence-electron chi connectivity index (χ4n) is 1.86. The minimum absolute atomic E-state index is 0.916. The molecule has 1 aromatic carbocycles. The third-order valence-corrected chi connectivity index (χ3v) is 3.45. The zero-order valence-electron chi connectivity index (χ0n) is 8.24. The smallest absolute Gasteiger partial charge is 0.146 e. The summed E-state index contributed by atoms with van der Waals surface area (Å²) in [4.78, 5) is 4.52. The zero-order chi connectivity index (χ0) is 10.4. The summed E-state index contributed by atoms with van der Waals surface area (Å²) in [6, 6.07) is 10.4. The van der Waals surface area contributed by atoms with E-state index in [9.17, 15) is 0 Å². The maximum Gasteiger partial charge on any atom is 0.146 e. The van der Waals surface area contributed by atoms with Crippen molar-refractivity contribution in [3.05, 3.63) is 46.8 Å². The second-order valence-corrected chi connectivity index (χ2v) is 4.34. The Bertz CT molecular complexity index is 655. The van der Waals surface area contributed by atoms with E-state index in [0.717, 1.165) is 15.9 Å². The predicted molar refractivity (Wildman–Crippen MR) is 65.1 cm³/mol. The third-order valence-electron chi connectivity index (χ3n) is 2.70. The van der Waals surface area contributed by atoms with Crippen molar-refractivity contribution in [1.82, 2.24) is 9.38 Å². The molecule has 3 aromatic rings. The Kier molecular flexibility index (Phi) is 1.83. The Morgan fingerprint density at radius 2 is 2.00 bits per heavy atom. The maximum atomic E-state index is 4.52. The molecule has 2 aromatic heterocycles. The van der Waals surface area contributed by atoms with Gasteiger partial charge in [0.1, 0.15) is 10.3 Å². The van der Waals surface area contributed by atoms with Gasteiger partial charge in [-0.25, -0.2) is 4.98 Å². The first-order valence-corrected chi connectivity index (χ1v) is 5.58. The number of benzene rings is 1. The van der Waals surface area contributed by atoms with E-state index in [1.165, 1.54) is 10.8 Å². The van der Waals surface area contributed by atoms with Crippen LogP contribution in [0.2, 0.25) is 0 Å². The lowest BCUT2D eigenvalue weighted by molar-refractivity contribution is 1.11. The number of hydrogen-bond donors (Lipinski definition) is 0. The molecule has 2 heterocycles. The fraction of sp³-hybridized carbons (Fsp3) is 0.0833. The topological polar surface area (TPSA) is 17.3 Å². The van der Waals surface area contributed by atoms with Crippen molar-refractivity contribution < 1.29 is 0 Å². The number of fused-ring (bicyclic) bond motifs is 3. The van der Waals surface area contributed by atoms with Gasteiger partial charge >= 0.3 is 0 Å². The van der Waals surface area contributed by atoms with Crippen LogP contribution >= 0.6 is 15.9 Å². The van der Waals surface area contributed by atoms with Crippen molar-refractivity contribution in [1.29, 1.82) is 0 Å². The highest BCUT2D eigenvalue weighted by Crippen LogP contribution is 2.23. The van der Waals surface area contributed by atoms with Crippen LogP contribution in [0.1, 0.15) is 5.69 Å². The molecular formula is C12H9BrN2. The maximum absolute atomic E-state index is 4.52. The van der Waals surface area contributed by atoms with E-state index >= 15 is 0 Å². The molecule has 3 heteroatoms. The van der Waals surface area contributed by atoms with Crippen molar-refractivity contribution in [2.45, 2.75) is 6.92 Å². The minimum Gasteiger partial charge on any atom is -0.303 e. The Labute approximate surface area is 95.7 Å². The molecule has 15 heavy (non-hydrogen) atoms. The van der Waals surface area contributed by atoms with Crippen molar-refractivity contribution in [2.75, 3.05) is 0 Å². The Morgan fingerprint density at radius 3 is 2.87 bits per heavy atom. The predicted octanol–water partition coefficient (Wildman–Crippen LogP) is 3.56. The summed E-state index contributed by atoms with van der Waals surface area (Å²) in [5.74, 6) is 0. The number of hydrogen-bond acceptors (Lipinski definition) is 1. The van der Waals surface area contributed by atoms with E-state index in [1.807, 2.05) is 12.1 Å². The lowest BCUT2D eigenvalue weighted by Crippen LogP contribution is -1.87. The standard InChI is InChI=1S/C12H9BrN2/c1-8-11(13)14-12-10-5-3-2-4-9(10)6-7-15(8)12/h2-7H,1H3. The summed E-state index contributed by atoms with van der Waals surface area (Å²) in [7, 11) is 0. The molecule has 0 saturated carbocycles. The van der Waals surface area contributed by atoms with Crippen LogP contribution in [0.5, 0.6) is 0 Å². The lowest BCUT2D eigenvalue weighted by Gasteiger charge is -2.00. The monoisotopic (exact) mass is 260 g/mol. The average molecular weight is 261 g/mol. The summed E-state index contributed by atoms with van der Waals surface area (Å²) in [6.45, 7) is 2.05. The highest BCUT2D eigenvalue weighted by Gasteiger charge is 2.07. The van der Waals surface area contributed by atoms with Gasteiger partial charge in [0.05, 0.1) is 5.69 Å². The first-order chi connectivity index (χ1) is 7.27.